The highest BCUT2D eigenvalue weighted by atomic mass is 19.1. The number of benzene rings is 2. The fourth-order valence-electron chi connectivity index (χ4n) is 2.47. The van der Waals surface area contributed by atoms with Crippen molar-refractivity contribution in [1.82, 2.24) is 0 Å². The van der Waals surface area contributed by atoms with Crippen molar-refractivity contribution < 1.29 is 4.39 Å². The summed E-state index contributed by atoms with van der Waals surface area (Å²) in [4.78, 5) is 0. The second-order valence-corrected chi connectivity index (χ2v) is 5.17. The molecule has 0 bridgehead atoms. The van der Waals surface area contributed by atoms with E-state index in [0.29, 0.717) is 17.2 Å². The minimum Gasteiger partial charge on any atom is -0.377 e. The predicted octanol–water partition coefficient (Wildman–Crippen LogP) is 4.26. The summed E-state index contributed by atoms with van der Waals surface area (Å²) in [5.41, 5.74) is 2.27. The molecule has 1 aliphatic rings. The van der Waals surface area contributed by atoms with Gasteiger partial charge < -0.3 is 5.32 Å². The molecule has 0 amide bonds. The zero-order valence-corrected chi connectivity index (χ0v) is 11.0. The number of hydrogen-bond donors (Lipinski definition) is 1. The third-order valence-corrected chi connectivity index (χ3v) is 3.67. The summed E-state index contributed by atoms with van der Waals surface area (Å²) in [6.07, 6.45) is 2.38. The van der Waals surface area contributed by atoms with Gasteiger partial charge in [0.1, 0.15) is 11.9 Å². The third kappa shape index (κ3) is 2.65. The van der Waals surface area contributed by atoms with Crippen LogP contribution in [0.4, 0.5) is 10.1 Å². The summed E-state index contributed by atoms with van der Waals surface area (Å²) < 4.78 is 13.2. The number of hydrogen-bond acceptors (Lipinski definition) is 2. The van der Waals surface area contributed by atoms with Gasteiger partial charge >= 0.3 is 0 Å². The Morgan fingerprint density at radius 3 is 2.55 bits per heavy atom. The van der Waals surface area contributed by atoms with Crippen molar-refractivity contribution in [3.05, 3.63) is 65.5 Å². The largest absolute Gasteiger partial charge is 0.377 e. The first-order valence-corrected chi connectivity index (χ1v) is 6.79. The van der Waals surface area contributed by atoms with Gasteiger partial charge in [0.25, 0.3) is 0 Å². The molecule has 1 saturated carbocycles. The number of nitrogens with one attached hydrogen (secondary N) is 1. The number of anilines is 1. The van der Waals surface area contributed by atoms with Crippen molar-refractivity contribution in [2.75, 3.05) is 5.32 Å². The molecule has 0 aromatic heterocycles. The quantitative estimate of drug-likeness (QED) is 0.897. The maximum absolute atomic E-state index is 13.2. The topological polar surface area (TPSA) is 35.8 Å². The van der Waals surface area contributed by atoms with E-state index in [2.05, 4.69) is 23.5 Å². The van der Waals surface area contributed by atoms with Gasteiger partial charge in [-0.3, -0.25) is 0 Å². The van der Waals surface area contributed by atoms with Crippen molar-refractivity contribution in [2.45, 2.75) is 18.9 Å². The smallest absolute Gasteiger partial charge is 0.124 e. The molecule has 1 unspecified atom stereocenters. The van der Waals surface area contributed by atoms with Gasteiger partial charge in [-0.15, -0.1) is 0 Å². The Hall–Kier alpha value is -2.34. The Balaban J connectivity index is 1.90. The van der Waals surface area contributed by atoms with Gasteiger partial charge in [0.2, 0.25) is 0 Å². The van der Waals surface area contributed by atoms with E-state index >= 15 is 0 Å². The molecule has 0 heterocycles. The summed E-state index contributed by atoms with van der Waals surface area (Å²) in [5.74, 6) is 0.212. The van der Waals surface area contributed by atoms with Crippen LogP contribution in [0.15, 0.2) is 48.5 Å². The van der Waals surface area contributed by atoms with Crippen LogP contribution in [0.2, 0.25) is 0 Å². The lowest BCUT2D eigenvalue weighted by molar-refractivity contribution is 0.626. The summed E-state index contributed by atoms with van der Waals surface area (Å²) in [5, 5.41) is 12.5. The van der Waals surface area contributed by atoms with Crippen molar-refractivity contribution >= 4 is 5.69 Å². The second-order valence-electron chi connectivity index (χ2n) is 5.17. The van der Waals surface area contributed by atoms with E-state index in [9.17, 15) is 4.39 Å². The van der Waals surface area contributed by atoms with Crippen LogP contribution in [-0.2, 0) is 0 Å². The fraction of sp³-hybridized carbons (Fsp3) is 0.235. The van der Waals surface area contributed by atoms with Gasteiger partial charge in [-0.1, -0.05) is 30.3 Å². The van der Waals surface area contributed by atoms with Crippen LogP contribution in [0, 0.1) is 23.1 Å². The summed E-state index contributed by atoms with van der Waals surface area (Å²) in [6, 6.07) is 16.7. The van der Waals surface area contributed by atoms with Gasteiger partial charge in [0.05, 0.1) is 17.3 Å². The van der Waals surface area contributed by atoms with Crippen LogP contribution in [-0.4, -0.2) is 0 Å². The highest BCUT2D eigenvalue weighted by Gasteiger charge is 2.32. The Morgan fingerprint density at radius 1 is 1.15 bits per heavy atom. The standard InChI is InChI=1S/C17H15FN2/c18-15-8-9-16(14(10-15)11-19)20-17(13-6-7-13)12-4-2-1-3-5-12/h1-5,8-10,13,17,20H,6-7H2. The van der Waals surface area contributed by atoms with Gasteiger partial charge in [0, 0.05) is 0 Å². The molecule has 1 atom stereocenters. The molecular weight excluding hydrogens is 251 g/mol. The first-order chi connectivity index (χ1) is 9.78. The third-order valence-electron chi connectivity index (χ3n) is 3.67. The van der Waals surface area contributed by atoms with Crippen LogP contribution >= 0.6 is 0 Å². The van der Waals surface area contributed by atoms with Crippen LogP contribution in [0.5, 0.6) is 0 Å². The molecule has 3 rings (SSSR count). The van der Waals surface area contributed by atoms with Crippen molar-refractivity contribution in [2.24, 2.45) is 5.92 Å². The fourth-order valence-corrected chi connectivity index (χ4v) is 2.47. The Labute approximate surface area is 117 Å². The Bertz CT molecular complexity index is 642. The van der Waals surface area contributed by atoms with Crippen molar-refractivity contribution in [3.8, 4) is 6.07 Å². The lowest BCUT2D eigenvalue weighted by Gasteiger charge is -2.20. The van der Waals surface area contributed by atoms with E-state index in [-0.39, 0.29) is 11.9 Å². The molecule has 3 heteroatoms. The number of nitrogens with zero attached hydrogens (tertiary/aromatic N) is 1. The van der Waals surface area contributed by atoms with E-state index in [4.69, 9.17) is 5.26 Å². The molecule has 100 valence electrons. The Kier molecular flexibility index (Phi) is 3.39. The van der Waals surface area contributed by atoms with Crippen LogP contribution in [0.3, 0.4) is 0 Å². The van der Waals surface area contributed by atoms with Gasteiger partial charge in [0.15, 0.2) is 0 Å². The first kappa shape index (κ1) is 12.7. The van der Waals surface area contributed by atoms with Gasteiger partial charge in [-0.05, 0) is 42.5 Å². The molecule has 2 aromatic carbocycles. The molecule has 20 heavy (non-hydrogen) atoms. The molecular formula is C17H15FN2. The summed E-state index contributed by atoms with van der Waals surface area (Å²) in [6.45, 7) is 0. The van der Waals surface area contributed by atoms with E-state index < -0.39 is 0 Å². The maximum Gasteiger partial charge on any atom is 0.124 e. The first-order valence-electron chi connectivity index (χ1n) is 6.79. The van der Waals surface area contributed by atoms with E-state index in [0.717, 1.165) is 0 Å². The average Bonchev–Trinajstić information content (AvgIpc) is 3.31. The lowest BCUT2D eigenvalue weighted by atomic mass is 10.0. The highest BCUT2D eigenvalue weighted by molar-refractivity contribution is 5.58. The minimum absolute atomic E-state index is 0.189. The molecule has 0 saturated heterocycles. The molecule has 1 fully saturated rings. The monoisotopic (exact) mass is 266 g/mol. The lowest BCUT2D eigenvalue weighted by Crippen LogP contribution is -2.13. The normalized spacial score (nSPS) is 15.4. The Morgan fingerprint density at radius 2 is 1.90 bits per heavy atom. The highest BCUT2D eigenvalue weighted by Crippen LogP contribution is 2.43. The van der Waals surface area contributed by atoms with E-state index in [1.807, 2.05) is 18.2 Å². The number of nitriles is 1. The molecule has 0 aliphatic heterocycles. The zero-order valence-electron chi connectivity index (χ0n) is 11.0. The molecule has 1 N–H and O–H groups in total. The predicted molar refractivity (Wildman–Crippen MR) is 76.6 cm³/mol. The molecule has 2 nitrogen and oxygen atoms in total. The summed E-state index contributed by atoms with van der Waals surface area (Å²) >= 11 is 0. The van der Waals surface area contributed by atoms with Crippen molar-refractivity contribution in [1.29, 1.82) is 5.26 Å². The average molecular weight is 266 g/mol. The SMILES string of the molecule is N#Cc1cc(F)ccc1NC(c1ccccc1)C1CC1. The van der Waals surface area contributed by atoms with E-state index in [1.54, 1.807) is 6.07 Å². The van der Waals surface area contributed by atoms with Crippen molar-refractivity contribution in [3.63, 3.8) is 0 Å². The summed E-state index contributed by atoms with van der Waals surface area (Å²) in [7, 11) is 0. The zero-order chi connectivity index (χ0) is 13.9. The van der Waals surface area contributed by atoms with Gasteiger partial charge in [-0.25, -0.2) is 4.39 Å². The van der Waals surface area contributed by atoms with Crippen LogP contribution < -0.4 is 5.32 Å². The van der Waals surface area contributed by atoms with Crippen LogP contribution in [0.1, 0.15) is 30.0 Å². The van der Waals surface area contributed by atoms with E-state index in [1.165, 1.54) is 30.5 Å². The minimum atomic E-state index is -0.380. The number of rotatable bonds is 4. The molecule has 0 radical (unpaired) electrons. The molecule has 2 aromatic rings. The number of halogens is 1. The maximum atomic E-state index is 13.2. The van der Waals surface area contributed by atoms with Gasteiger partial charge in [-0.2, -0.15) is 5.26 Å². The molecule has 0 spiro atoms. The molecule has 1 aliphatic carbocycles. The van der Waals surface area contributed by atoms with Crippen LogP contribution in [0.25, 0.3) is 0 Å². The second kappa shape index (κ2) is 5.34.